The molecule has 0 amide bonds. The van der Waals surface area contributed by atoms with Crippen molar-refractivity contribution in [3.8, 4) is 0 Å². The van der Waals surface area contributed by atoms with Gasteiger partial charge in [0.25, 0.3) is 0 Å². The molecule has 0 bridgehead atoms. The summed E-state index contributed by atoms with van der Waals surface area (Å²) >= 11 is 0. The Hall–Kier alpha value is -0.110. The third-order valence-electron chi connectivity index (χ3n) is 4.60. The van der Waals surface area contributed by atoms with Crippen LogP contribution in [0, 0.1) is 17.8 Å². The average Bonchev–Trinajstić information content (AvgIpc) is 2.27. The third-order valence-corrected chi connectivity index (χ3v) is 4.60. The Kier molecular flexibility index (Phi) is 4.23. The molecule has 0 aromatic rings. The van der Waals surface area contributed by atoms with Gasteiger partial charge in [0.15, 0.2) is 0 Å². The van der Waals surface area contributed by atoms with E-state index in [0.717, 1.165) is 31.3 Å². The molecule has 1 nitrogen and oxygen atoms in total. The first-order valence-electron chi connectivity index (χ1n) is 7.01. The number of likely N-dealkylation sites (tertiary alicyclic amines) is 1. The molecule has 2 aliphatic rings. The predicted octanol–water partition coefficient (Wildman–Crippen LogP) is 3.49. The maximum atomic E-state index is 13.6. The first-order valence-corrected chi connectivity index (χ1v) is 7.01. The molecule has 1 aliphatic heterocycles. The van der Waals surface area contributed by atoms with E-state index in [1.165, 1.54) is 25.7 Å². The van der Waals surface area contributed by atoms with Gasteiger partial charge in [0, 0.05) is 13.1 Å². The fourth-order valence-corrected chi connectivity index (χ4v) is 3.13. The smallest absolute Gasteiger partial charge is 0.115 e. The predicted molar refractivity (Wildman–Crippen MR) is 66.2 cm³/mol. The minimum atomic E-state index is -0.587. The van der Waals surface area contributed by atoms with E-state index in [4.69, 9.17) is 0 Å². The summed E-state index contributed by atoms with van der Waals surface area (Å²) in [5.41, 5.74) is 0. The highest BCUT2D eigenvalue weighted by Crippen LogP contribution is 2.30. The molecule has 2 fully saturated rings. The fraction of sp³-hybridized carbons (Fsp3) is 1.00. The molecule has 0 spiro atoms. The lowest BCUT2D eigenvalue weighted by Crippen LogP contribution is -2.43. The second-order valence-corrected chi connectivity index (χ2v) is 6.17. The highest BCUT2D eigenvalue weighted by molar-refractivity contribution is 4.80. The van der Waals surface area contributed by atoms with Crippen LogP contribution >= 0.6 is 0 Å². The molecular weight excluding hydrogens is 201 g/mol. The molecule has 0 N–H and O–H groups in total. The van der Waals surface area contributed by atoms with Crippen LogP contribution in [-0.4, -0.2) is 30.7 Å². The summed E-state index contributed by atoms with van der Waals surface area (Å²) in [6.07, 6.45) is 5.96. The van der Waals surface area contributed by atoms with E-state index < -0.39 is 6.17 Å². The van der Waals surface area contributed by atoms with Crippen LogP contribution in [0.5, 0.6) is 0 Å². The van der Waals surface area contributed by atoms with Gasteiger partial charge < -0.3 is 4.90 Å². The first-order chi connectivity index (χ1) is 7.65. The lowest BCUT2D eigenvalue weighted by molar-refractivity contribution is 0.0737. The van der Waals surface area contributed by atoms with E-state index in [0.29, 0.717) is 6.54 Å². The maximum Gasteiger partial charge on any atom is 0.115 e. The van der Waals surface area contributed by atoms with Crippen LogP contribution in [0.2, 0.25) is 0 Å². The molecule has 1 saturated carbocycles. The van der Waals surface area contributed by atoms with Gasteiger partial charge in [-0.25, -0.2) is 4.39 Å². The zero-order valence-corrected chi connectivity index (χ0v) is 10.8. The number of hydrogen-bond donors (Lipinski definition) is 0. The fourth-order valence-electron chi connectivity index (χ4n) is 3.13. The van der Waals surface area contributed by atoms with Crippen molar-refractivity contribution in [2.24, 2.45) is 17.8 Å². The summed E-state index contributed by atoms with van der Waals surface area (Å²) in [5, 5.41) is 0. The van der Waals surface area contributed by atoms with Gasteiger partial charge in [-0.2, -0.15) is 0 Å². The Morgan fingerprint density at radius 1 is 1.06 bits per heavy atom. The molecule has 2 unspecified atom stereocenters. The van der Waals surface area contributed by atoms with Crippen LogP contribution in [0.3, 0.4) is 0 Å². The molecule has 0 aromatic heterocycles. The highest BCUT2D eigenvalue weighted by atomic mass is 19.1. The van der Waals surface area contributed by atoms with Crippen molar-refractivity contribution in [1.29, 1.82) is 0 Å². The minimum Gasteiger partial charge on any atom is -0.300 e. The van der Waals surface area contributed by atoms with Crippen molar-refractivity contribution in [2.75, 3.05) is 19.6 Å². The average molecular weight is 227 g/mol. The van der Waals surface area contributed by atoms with Crippen molar-refractivity contribution in [2.45, 2.75) is 52.1 Å². The normalized spacial score (nSPS) is 42.2. The van der Waals surface area contributed by atoms with Gasteiger partial charge in [-0.3, -0.25) is 0 Å². The zero-order valence-electron chi connectivity index (χ0n) is 10.8. The monoisotopic (exact) mass is 227 g/mol. The summed E-state index contributed by atoms with van der Waals surface area (Å²) in [5.74, 6) is 2.05. The number of halogens is 1. The third kappa shape index (κ3) is 3.19. The van der Waals surface area contributed by atoms with E-state index in [2.05, 4.69) is 11.8 Å². The van der Waals surface area contributed by atoms with Crippen LogP contribution in [0.4, 0.5) is 4.39 Å². The lowest BCUT2D eigenvalue weighted by Gasteiger charge is -2.36. The molecule has 2 heteroatoms. The largest absolute Gasteiger partial charge is 0.300 e. The quantitative estimate of drug-likeness (QED) is 0.698. The van der Waals surface area contributed by atoms with Crippen LogP contribution in [0.1, 0.15) is 46.0 Å². The topological polar surface area (TPSA) is 3.24 Å². The van der Waals surface area contributed by atoms with Crippen LogP contribution in [-0.2, 0) is 0 Å². The molecule has 16 heavy (non-hydrogen) atoms. The van der Waals surface area contributed by atoms with Gasteiger partial charge >= 0.3 is 0 Å². The number of alkyl halides is 1. The van der Waals surface area contributed by atoms with Crippen LogP contribution < -0.4 is 0 Å². The summed E-state index contributed by atoms with van der Waals surface area (Å²) in [6, 6.07) is 0. The lowest BCUT2D eigenvalue weighted by atomic mass is 9.82. The van der Waals surface area contributed by atoms with Gasteiger partial charge in [-0.1, -0.05) is 26.7 Å². The van der Waals surface area contributed by atoms with Gasteiger partial charge in [-0.15, -0.1) is 0 Å². The van der Waals surface area contributed by atoms with E-state index in [1.54, 1.807) is 0 Å². The Morgan fingerprint density at radius 2 is 1.75 bits per heavy atom. The Balaban J connectivity index is 1.73. The standard InChI is InChI=1S/C14H26FN/c1-11-3-5-13(6-4-11)9-16-8-7-12(2)14(15)10-16/h11-14H,3-10H2,1-2H3. The highest BCUT2D eigenvalue weighted by Gasteiger charge is 2.28. The molecule has 2 rings (SSSR count). The number of nitrogens with zero attached hydrogens (tertiary/aromatic N) is 1. The van der Waals surface area contributed by atoms with Crippen molar-refractivity contribution in [3.05, 3.63) is 0 Å². The summed E-state index contributed by atoms with van der Waals surface area (Å²) in [6.45, 7) is 7.36. The van der Waals surface area contributed by atoms with Gasteiger partial charge in [0.05, 0.1) is 0 Å². The van der Waals surface area contributed by atoms with E-state index in [1.807, 2.05) is 6.92 Å². The summed E-state index contributed by atoms with van der Waals surface area (Å²) in [4.78, 5) is 2.37. The number of hydrogen-bond acceptors (Lipinski definition) is 1. The second kappa shape index (κ2) is 5.48. The molecule has 0 radical (unpaired) electrons. The maximum absolute atomic E-state index is 13.6. The molecule has 1 saturated heterocycles. The number of piperidine rings is 1. The van der Waals surface area contributed by atoms with Gasteiger partial charge in [-0.05, 0) is 43.6 Å². The minimum absolute atomic E-state index is 0.280. The number of rotatable bonds is 2. The van der Waals surface area contributed by atoms with Crippen molar-refractivity contribution in [1.82, 2.24) is 4.90 Å². The van der Waals surface area contributed by atoms with Crippen LogP contribution in [0.25, 0.3) is 0 Å². The van der Waals surface area contributed by atoms with E-state index in [-0.39, 0.29) is 5.92 Å². The second-order valence-electron chi connectivity index (χ2n) is 6.17. The molecule has 1 aliphatic carbocycles. The Bertz CT molecular complexity index is 211. The van der Waals surface area contributed by atoms with E-state index >= 15 is 0 Å². The van der Waals surface area contributed by atoms with Gasteiger partial charge in [0.1, 0.15) is 6.17 Å². The molecule has 94 valence electrons. The van der Waals surface area contributed by atoms with Crippen molar-refractivity contribution < 1.29 is 4.39 Å². The zero-order chi connectivity index (χ0) is 11.5. The molecule has 0 aromatic carbocycles. The molecule has 1 heterocycles. The SMILES string of the molecule is CC1CCC(CN2CCC(C)C(F)C2)CC1. The van der Waals surface area contributed by atoms with Crippen molar-refractivity contribution in [3.63, 3.8) is 0 Å². The van der Waals surface area contributed by atoms with Gasteiger partial charge in [0.2, 0.25) is 0 Å². The van der Waals surface area contributed by atoms with E-state index in [9.17, 15) is 4.39 Å². The summed E-state index contributed by atoms with van der Waals surface area (Å²) < 4.78 is 13.6. The Morgan fingerprint density at radius 3 is 2.38 bits per heavy atom. The van der Waals surface area contributed by atoms with Crippen LogP contribution in [0.15, 0.2) is 0 Å². The molecule has 2 atom stereocenters. The van der Waals surface area contributed by atoms with Crippen molar-refractivity contribution >= 4 is 0 Å². The molecular formula is C14H26FN. The summed E-state index contributed by atoms with van der Waals surface area (Å²) in [7, 11) is 0. The Labute approximate surface area is 99.4 Å². The first kappa shape index (κ1) is 12.3.